The molecule has 2 aliphatic rings. The highest BCUT2D eigenvalue weighted by molar-refractivity contribution is 9.10. The predicted octanol–water partition coefficient (Wildman–Crippen LogP) is 3.35. The first-order valence-electron chi connectivity index (χ1n) is 8.37. The second kappa shape index (κ2) is 6.63. The summed E-state index contributed by atoms with van der Waals surface area (Å²) < 4.78 is 6.98. The molecule has 0 saturated heterocycles. The number of guanidine groups is 2. The van der Waals surface area contributed by atoms with Crippen molar-refractivity contribution >= 4 is 33.5 Å². The van der Waals surface area contributed by atoms with E-state index in [1.165, 1.54) is 6.42 Å². The van der Waals surface area contributed by atoms with Gasteiger partial charge in [0, 0.05) is 4.47 Å². The summed E-state index contributed by atoms with van der Waals surface area (Å²) in [5.74, 6) is 1.40. The molecule has 130 valence electrons. The topological polar surface area (TPSA) is 89.2 Å². The molecule has 1 aromatic rings. The van der Waals surface area contributed by atoms with Crippen molar-refractivity contribution < 1.29 is 4.74 Å². The van der Waals surface area contributed by atoms with Crippen LogP contribution in [-0.4, -0.2) is 23.7 Å². The first-order valence-corrected chi connectivity index (χ1v) is 9.16. The lowest BCUT2D eigenvalue weighted by atomic mass is 9.87. The van der Waals surface area contributed by atoms with Crippen LogP contribution >= 0.6 is 15.9 Å². The Hall–Kier alpha value is -1.76. The first-order chi connectivity index (χ1) is 11.4. The molecule has 4 N–H and O–H groups in total. The third-order valence-electron chi connectivity index (χ3n) is 4.38. The highest BCUT2D eigenvalue weighted by atomic mass is 79.9. The van der Waals surface area contributed by atoms with Crippen LogP contribution in [0.5, 0.6) is 5.75 Å². The number of nitrogens with zero attached hydrogens (tertiary/aromatic N) is 3. The monoisotopic (exact) mass is 393 g/mol. The van der Waals surface area contributed by atoms with E-state index < -0.39 is 5.66 Å². The van der Waals surface area contributed by atoms with E-state index in [0.29, 0.717) is 5.96 Å². The maximum Gasteiger partial charge on any atom is 0.220 e. The van der Waals surface area contributed by atoms with Crippen LogP contribution in [0.1, 0.15) is 46.0 Å². The molecule has 24 heavy (non-hydrogen) atoms. The van der Waals surface area contributed by atoms with Gasteiger partial charge < -0.3 is 16.2 Å². The van der Waals surface area contributed by atoms with E-state index in [-0.39, 0.29) is 12.1 Å². The molecule has 0 amide bonds. The summed E-state index contributed by atoms with van der Waals surface area (Å²) in [6.07, 6.45) is 5.26. The van der Waals surface area contributed by atoms with Crippen LogP contribution in [0.4, 0.5) is 5.69 Å². The molecule has 0 bridgehead atoms. The Balaban J connectivity index is 2.10. The second-order valence-electron chi connectivity index (χ2n) is 6.60. The van der Waals surface area contributed by atoms with E-state index in [2.05, 4.69) is 20.9 Å². The van der Waals surface area contributed by atoms with Crippen LogP contribution in [0, 0.1) is 0 Å². The Bertz CT molecular complexity index is 680. The van der Waals surface area contributed by atoms with Gasteiger partial charge in [-0.3, -0.25) is 4.90 Å². The average molecular weight is 394 g/mol. The van der Waals surface area contributed by atoms with E-state index in [4.69, 9.17) is 21.2 Å². The van der Waals surface area contributed by atoms with Gasteiger partial charge in [0.15, 0.2) is 0 Å². The maximum atomic E-state index is 6.29. The molecule has 1 spiro atoms. The van der Waals surface area contributed by atoms with Crippen LogP contribution in [0.3, 0.4) is 0 Å². The number of halogens is 1. The number of ether oxygens (including phenoxy) is 1. The van der Waals surface area contributed by atoms with Gasteiger partial charge in [0.1, 0.15) is 11.4 Å². The largest absolute Gasteiger partial charge is 0.489 e. The summed E-state index contributed by atoms with van der Waals surface area (Å²) in [4.78, 5) is 10.9. The molecule has 1 fully saturated rings. The second-order valence-corrected chi connectivity index (χ2v) is 7.51. The van der Waals surface area contributed by atoms with Gasteiger partial charge in [0.2, 0.25) is 11.9 Å². The summed E-state index contributed by atoms with van der Waals surface area (Å²) in [6.45, 7) is 4.01. The van der Waals surface area contributed by atoms with Crippen LogP contribution in [0.25, 0.3) is 0 Å². The Morgan fingerprint density at radius 1 is 1.21 bits per heavy atom. The minimum absolute atomic E-state index is 0.0527. The number of hydrogen-bond donors (Lipinski definition) is 2. The standard InChI is InChI=1S/C17H24BrN5O/c1-11(2)24-14-10-12(18)6-7-13(14)23-16(20)21-15(19)22-17(23)8-4-3-5-9-17/h6-7,10-11H,3-5,8-9H2,1-2H3,(H4,19,20,21,22). The smallest absolute Gasteiger partial charge is 0.220 e. The third kappa shape index (κ3) is 3.22. The fraction of sp³-hybridized carbons (Fsp3) is 0.529. The van der Waals surface area contributed by atoms with Gasteiger partial charge in [-0.2, -0.15) is 4.99 Å². The lowest BCUT2D eigenvalue weighted by Gasteiger charge is -2.46. The fourth-order valence-electron chi connectivity index (χ4n) is 3.49. The number of nitrogens with two attached hydrogens (primary N) is 2. The maximum absolute atomic E-state index is 6.29. The van der Waals surface area contributed by atoms with Gasteiger partial charge in [0.05, 0.1) is 11.8 Å². The normalized spacial score (nSPS) is 20.1. The number of benzene rings is 1. The zero-order chi connectivity index (χ0) is 17.3. The lowest BCUT2D eigenvalue weighted by molar-refractivity contribution is 0.240. The SMILES string of the molecule is CC(C)Oc1cc(Br)ccc1N1C(N)=NC(N)=NC12CCCCC2. The zero-order valence-electron chi connectivity index (χ0n) is 14.1. The predicted molar refractivity (Wildman–Crippen MR) is 101 cm³/mol. The molecule has 1 saturated carbocycles. The zero-order valence-corrected chi connectivity index (χ0v) is 15.7. The van der Waals surface area contributed by atoms with Crippen molar-refractivity contribution in [3.8, 4) is 5.75 Å². The van der Waals surface area contributed by atoms with Crippen molar-refractivity contribution in [2.24, 2.45) is 21.5 Å². The quantitative estimate of drug-likeness (QED) is 0.823. The number of hydrogen-bond acceptors (Lipinski definition) is 6. The molecule has 0 aromatic heterocycles. The van der Waals surface area contributed by atoms with Crippen molar-refractivity contribution in [3.63, 3.8) is 0 Å². The average Bonchev–Trinajstić information content (AvgIpc) is 2.49. The van der Waals surface area contributed by atoms with Crippen molar-refractivity contribution in [3.05, 3.63) is 22.7 Å². The molecule has 0 atom stereocenters. The van der Waals surface area contributed by atoms with Crippen LogP contribution in [0.15, 0.2) is 32.7 Å². The molecule has 3 rings (SSSR count). The van der Waals surface area contributed by atoms with Gasteiger partial charge in [-0.15, -0.1) is 0 Å². The Morgan fingerprint density at radius 3 is 2.58 bits per heavy atom. The van der Waals surface area contributed by atoms with Gasteiger partial charge in [-0.25, -0.2) is 4.99 Å². The van der Waals surface area contributed by atoms with Crippen molar-refractivity contribution in [1.82, 2.24) is 0 Å². The van der Waals surface area contributed by atoms with E-state index in [1.807, 2.05) is 36.9 Å². The summed E-state index contributed by atoms with van der Waals surface area (Å²) in [6, 6.07) is 5.94. The number of aliphatic imine (C=N–C) groups is 2. The van der Waals surface area contributed by atoms with Crippen LogP contribution in [0.2, 0.25) is 0 Å². The lowest BCUT2D eigenvalue weighted by Crippen LogP contribution is -2.58. The fourth-order valence-corrected chi connectivity index (χ4v) is 3.83. The van der Waals surface area contributed by atoms with Gasteiger partial charge in [0.25, 0.3) is 0 Å². The summed E-state index contributed by atoms with van der Waals surface area (Å²) in [5.41, 5.74) is 12.6. The summed E-state index contributed by atoms with van der Waals surface area (Å²) in [7, 11) is 0. The Kier molecular flexibility index (Phi) is 4.71. The van der Waals surface area contributed by atoms with Gasteiger partial charge in [-0.05, 0) is 57.7 Å². The Morgan fingerprint density at radius 2 is 1.92 bits per heavy atom. The highest BCUT2D eigenvalue weighted by Gasteiger charge is 2.43. The van der Waals surface area contributed by atoms with Crippen molar-refractivity contribution in [2.45, 2.75) is 57.7 Å². The summed E-state index contributed by atoms with van der Waals surface area (Å²) >= 11 is 3.51. The van der Waals surface area contributed by atoms with Gasteiger partial charge in [-0.1, -0.05) is 22.4 Å². The first kappa shape index (κ1) is 17.1. The molecule has 0 radical (unpaired) electrons. The van der Waals surface area contributed by atoms with E-state index in [1.54, 1.807) is 0 Å². The van der Waals surface area contributed by atoms with E-state index in [9.17, 15) is 0 Å². The molecule has 1 aromatic carbocycles. The van der Waals surface area contributed by atoms with E-state index >= 15 is 0 Å². The molecule has 0 unspecified atom stereocenters. The molecule has 1 aliphatic heterocycles. The molecule has 6 nitrogen and oxygen atoms in total. The third-order valence-corrected chi connectivity index (χ3v) is 4.87. The highest BCUT2D eigenvalue weighted by Crippen LogP contribution is 2.43. The van der Waals surface area contributed by atoms with Crippen molar-refractivity contribution in [1.29, 1.82) is 0 Å². The number of rotatable bonds is 3. The summed E-state index contributed by atoms with van der Waals surface area (Å²) in [5, 5.41) is 0. The van der Waals surface area contributed by atoms with Crippen LogP contribution in [-0.2, 0) is 0 Å². The van der Waals surface area contributed by atoms with Gasteiger partial charge >= 0.3 is 0 Å². The van der Waals surface area contributed by atoms with Crippen molar-refractivity contribution in [2.75, 3.05) is 4.90 Å². The Labute approximate surface area is 151 Å². The molecule has 1 heterocycles. The van der Waals surface area contributed by atoms with Crippen LogP contribution < -0.4 is 21.1 Å². The molecular formula is C17H24BrN5O. The molecule has 1 aliphatic carbocycles. The molecular weight excluding hydrogens is 370 g/mol. The minimum Gasteiger partial charge on any atom is -0.489 e. The molecule has 7 heteroatoms. The number of anilines is 1. The minimum atomic E-state index is -0.461. The van der Waals surface area contributed by atoms with E-state index in [0.717, 1.165) is 41.6 Å².